The van der Waals surface area contributed by atoms with Crippen LogP contribution in [0.4, 0.5) is 0 Å². The number of rotatable bonds is 5. The number of nitrogens with one attached hydrogen (secondary N) is 1. The molecule has 2 aliphatic heterocycles. The lowest BCUT2D eigenvalue weighted by molar-refractivity contribution is -0.138. The molecule has 174 valence electrons. The third-order valence-corrected chi connectivity index (χ3v) is 8.08. The molecule has 33 heavy (non-hydrogen) atoms. The van der Waals surface area contributed by atoms with E-state index >= 15 is 0 Å². The van der Waals surface area contributed by atoms with Gasteiger partial charge in [-0.2, -0.15) is 0 Å². The molecule has 3 aromatic rings. The Hall–Kier alpha value is -2.23. The molecule has 1 amide bonds. The van der Waals surface area contributed by atoms with Crippen molar-refractivity contribution in [2.75, 3.05) is 32.8 Å². The lowest BCUT2D eigenvalue weighted by atomic mass is 9.99. The lowest BCUT2D eigenvalue weighted by Gasteiger charge is -2.29. The number of hydrogen-bond acceptors (Lipinski definition) is 7. The molecule has 3 N–H and O–H groups in total. The summed E-state index contributed by atoms with van der Waals surface area (Å²) in [7, 11) is 0. The topological polar surface area (TPSA) is 94.9 Å². The second kappa shape index (κ2) is 8.85. The number of pyridine rings is 1. The Morgan fingerprint density at radius 1 is 1.33 bits per heavy atom. The van der Waals surface area contributed by atoms with Crippen LogP contribution in [0.1, 0.15) is 23.8 Å². The lowest BCUT2D eigenvalue weighted by Crippen LogP contribution is -2.50. The van der Waals surface area contributed by atoms with E-state index in [1.807, 2.05) is 36.1 Å². The smallest absolute Gasteiger partial charge is 0.264 e. The van der Waals surface area contributed by atoms with Gasteiger partial charge in [0, 0.05) is 65.4 Å². The molecule has 4 heterocycles. The second-order valence-electron chi connectivity index (χ2n) is 8.55. The SMILES string of the molecule is CCC(O)(CO)c1cc2nccc(-c3cc(Cl)cc4c3OC(C(=O)N3CCNCC3)C4)c2s1. The van der Waals surface area contributed by atoms with E-state index < -0.39 is 11.7 Å². The minimum atomic E-state index is -1.31. The first-order valence-corrected chi connectivity index (χ1v) is 12.3. The molecule has 2 atom stereocenters. The van der Waals surface area contributed by atoms with E-state index in [1.165, 1.54) is 11.3 Å². The van der Waals surface area contributed by atoms with E-state index in [0.717, 1.165) is 40.0 Å². The van der Waals surface area contributed by atoms with Crippen LogP contribution in [0, 0.1) is 0 Å². The maximum absolute atomic E-state index is 13.1. The standard InChI is InChI=1S/C24H26ClN3O4S/c1-2-24(31,13-29)20-12-18-22(33-20)16(3-4-27-18)17-11-15(25)9-14-10-19(32-21(14)17)23(30)28-7-5-26-6-8-28/h3-4,9,11-12,19,26,29,31H,2,5-8,10,13H2,1H3. The summed E-state index contributed by atoms with van der Waals surface area (Å²) in [5.74, 6) is 0.673. The van der Waals surface area contributed by atoms with Gasteiger partial charge in [-0.25, -0.2) is 0 Å². The average molecular weight is 488 g/mol. The number of piperazine rings is 1. The van der Waals surface area contributed by atoms with Crippen LogP contribution in [0.3, 0.4) is 0 Å². The highest BCUT2D eigenvalue weighted by Crippen LogP contribution is 2.46. The molecule has 2 aliphatic rings. The zero-order valence-electron chi connectivity index (χ0n) is 18.3. The quantitative estimate of drug-likeness (QED) is 0.512. The van der Waals surface area contributed by atoms with Crippen LogP contribution >= 0.6 is 22.9 Å². The third kappa shape index (κ3) is 4.00. The molecule has 7 nitrogen and oxygen atoms in total. The predicted octanol–water partition coefficient (Wildman–Crippen LogP) is 2.94. The predicted molar refractivity (Wildman–Crippen MR) is 129 cm³/mol. The number of ether oxygens (including phenoxy) is 1. The highest BCUT2D eigenvalue weighted by atomic mass is 35.5. The Labute approximate surface area is 201 Å². The zero-order valence-corrected chi connectivity index (χ0v) is 19.9. The summed E-state index contributed by atoms with van der Waals surface area (Å²) >= 11 is 7.89. The van der Waals surface area contributed by atoms with Crippen molar-refractivity contribution in [3.05, 3.63) is 45.9 Å². The van der Waals surface area contributed by atoms with Gasteiger partial charge in [-0.15, -0.1) is 11.3 Å². The fraction of sp³-hybridized carbons (Fsp3) is 0.417. The highest BCUT2D eigenvalue weighted by molar-refractivity contribution is 7.19. The average Bonchev–Trinajstić information content (AvgIpc) is 3.47. The molecule has 0 radical (unpaired) electrons. The van der Waals surface area contributed by atoms with E-state index in [2.05, 4.69) is 10.3 Å². The van der Waals surface area contributed by atoms with Crippen molar-refractivity contribution in [2.45, 2.75) is 31.5 Å². The minimum absolute atomic E-state index is 0.00372. The van der Waals surface area contributed by atoms with Gasteiger partial charge >= 0.3 is 0 Å². The third-order valence-electron chi connectivity index (χ3n) is 6.51. The summed E-state index contributed by atoms with van der Waals surface area (Å²) in [5, 5.41) is 24.4. The number of nitrogens with zero attached hydrogens (tertiary/aromatic N) is 2. The van der Waals surface area contributed by atoms with Crippen LogP contribution in [-0.2, 0) is 16.8 Å². The fourth-order valence-corrected chi connectivity index (χ4v) is 6.03. The number of hydrogen-bond donors (Lipinski definition) is 3. The van der Waals surface area contributed by atoms with Crippen molar-refractivity contribution in [3.8, 4) is 16.9 Å². The summed E-state index contributed by atoms with van der Waals surface area (Å²) in [6.07, 6.45) is 2.02. The van der Waals surface area contributed by atoms with E-state index in [-0.39, 0.29) is 12.5 Å². The van der Waals surface area contributed by atoms with Gasteiger partial charge in [0.15, 0.2) is 6.10 Å². The fourth-order valence-electron chi connectivity index (χ4n) is 4.49. The summed E-state index contributed by atoms with van der Waals surface area (Å²) in [6.45, 7) is 4.40. The molecule has 5 rings (SSSR count). The molecule has 2 unspecified atom stereocenters. The van der Waals surface area contributed by atoms with Gasteiger partial charge in [-0.3, -0.25) is 9.78 Å². The molecule has 0 aliphatic carbocycles. The number of carbonyl (C=O) groups is 1. The normalized spacial score (nSPS) is 19.9. The summed E-state index contributed by atoms with van der Waals surface area (Å²) in [5.41, 5.74) is 2.01. The van der Waals surface area contributed by atoms with Gasteiger partial charge in [0.1, 0.15) is 11.4 Å². The zero-order chi connectivity index (χ0) is 23.2. The van der Waals surface area contributed by atoms with Gasteiger partial charge < -0.3 is 25.2 Å². The Bertz CT molecular complexity index is 1200. The van der Waals surface area contributed by atoms with Crippen molar-refractivity contribution in [3.63, 3.8) is 0 Å². The first kappa shape index (κ1) is 22.6. The van der Waals surface area contributed by atoms with Crippen molar-refractivity contribution < 1.29 is 19.7 Å². The maximum atomic E-state index is 13.1. The molecular formula is C24H26ClN3O4S. The second-order valence-corrected chi connectivity index (χ2v) is 10.0. The van der Waals surface area contributed by atoms with Crippen LogP contribution in [0.5, 0.6) is 5.75 Å². The highest BCUT2D eigenvalue weighted by Gasteiger charge is 2.35. The van der Waals surface area contributed by atoms with Crippen LogP contribution in [0.2, 0.25) is 5.02 Å². The van der Waals surface area contributed by atoms with E-state index in [4.69, 9.17) is 16.3 Å². The van der Waals surface area contributed by atoms with Crippen molar-refractivity contribution in [2.24, 2.45) is 0 Å². The number of carbonyl (C=O) groups excluding carboxylic acids is 1. The summed E-state index contributed by atoms with van der Waals surface area (Å²) < 4.78 is 7.13. The summed E-state index contributed by atoms with van der Waals surface area (Å²) in [6, 6.07) is 7.44. The van der Waals surface area contributed by atoms with Crippen molar-refractivity contribution in [1.82, 2.24) is 15.2 Å². The number of aromatic nitrogens is 1. The van der Waals surface area contributed by atoms with Crippen LogP contribution in [0.15, 0.2) is 30.5 Å². The van der Waals surface area contributed by atoms with Gasteiger partial charge in [0.2, 0.25) is 0 Å². The molecule has 1 aromatic carbocycles. The molecular weight excluding hydrogens is 462 g/mol. The van der Waals surface area contributed by atoms with Gasteiger partial charge in [0.25, 0.3) is 5.91 Å². The molecule has 0 bridgehead atoms. The largest absolute Gasteiger partial charge is 0.479 e. The van der Waals surface area contributed by atoms with E-state index in [9.17, 15) is 15.0 Å². The Morgan fingerprint density at radius 2 is 2.12 bits per heavy atom. The minimum Gasteiger partial charge on any atom is -0.479 e. The molecule has 2 aromatic heterocycles. The Kier molecular flexibility index (Phi) is 6.05. The monoisotopic (exact) mass is 487 g/mol. The van der Waals surface area contributed by atoms with E-state index in [0.29, 0.717) is 41.6 Å². The Morgan fingerprint density at radius 3 is 2.85 bits per heavy atom. The number of thiophene rings is 1. The molecule has 9 heteroatoms. The van der Waals surface area contributed by atoms with Gasteiger partial charge in [-0.1, -0.05) is 18.5 Å². The number of halogens is 1. The first-order chi connectivity index (χ1) is 15.9. The number of aliphatic hydroxyl groups excluding tert-OH is 1. The van der Waals surface area contributed by atoms with Gasteiger partial charge in [0.05, 0.1) is 16.8 Å². The van der Waals surface area contributed by atoms with Crippen LogP contribution < -0.4 is 10.1 Å². The van der Waals surface area contributed by atoms with Crippen molar-refractivity contribution >= 4 is 39.1 Å². The Balaban J connectivity index is 1.55. The van der Waals surface area contributed by atoms with Crippen LogP contribution in [-0.4, -0.2) is 64.9 Å². The first-order valence-electron chi connectivity index (χ1n) is 11.1. The van der Waals surface area contributed by atoms with E-state index in [1.54, 1.807) is 6.20 Å². The number of aliphatic hydroxyl groups is 2. The number of fused-ring (bicyclic) bond motifs is 2. The number of benzene rings is 1. The summed E-state index contributed by atoms with van der Waals surface area (Å²) in [4.78, 5) is 20.1. The molecule has 1 saturated heterocycles. The van der Waals surface area contributed by atoms with Gasteiger partial charge in [-0.05, 0) is 30.7 Å². The molecule has 1 fully saturated rings. The van der Waals surface area contributed by atoms with Crippen molar-refractivity contribution in [1.29, 1.82) is 0 Å². The molecule has 0 spiro atoms. The molecule has 0 saturated carbocycles. The number of amides is 1. The van der Waals surface area contributed by atoms with Crippen LogP contribution in [0.25, 0.3) is 21.3 Å². The maximum Gasteiger partial charge on any atom is 0.264 e.